The van der Waals surface area contributed by atoms with Gasteiger partial charge in [0.25, 0.3) is 5.91 Å². The Balaban J connectivity index is 1.74. The van der Waals surface area contributed by atoms with Gasteiger partial charge in [-0.2, -0.15) is 0 Å². The first kappa shape index (κ1) is 19.2. The Kier molecular flexibility index (Phi) is 5.80. The van der Waals surface area contributed by atoms with E-state index in [1.807, 2.05) is 24.3 Å². The molecule has 2 aromatic carbocycles. The third-order valence-electron chi connectivity index (χ3n) is 3.86. The summed E-state index contributed by atoms with van der Waals surface area (Å²) in [5.41, 5.74) is 0.781. The second-order valence-corrected chi connectivity index (χ2v) is 6.65. The molecule has 0 unspecified atom stereocenters. The number of hydrogen-bond donors (Lipinski definition) is 1. The van der Waals surface area contributed by atoms with Gasteiger partial charge in [0.1, 0.15) is 10.8 Å². The highest BCUT2D eigenvalue weighted by Crippen LogP contribution is 2.28. The minimum Gasteiger partial charge on any atom is -0.496 e. The van der Waals surface area contributed by atoms with E-state index < -0.39 is 10.8 Å². The van der Waals surface area contributed by atoms with Crippen LogP contribution in [-0.4, -0.2) is 35.2 Å². The monoisotopic (exact) mass is 400 g/mol. The van der Waals surface area contributed by atoms with Crippen LogP contribution in [0.4, 0.5) is 10.8 Å². The number of anilines is 1. The predicted octanol–water partition coefficient (Wildman–Crippen LogP) is 3.31. The van der Waals surface area contributed by atoms with E-state index in [0.29, 0.717) is 16.6 Å². The van der Waals surface area contributed by atoms with Crippen molar-refractivity contribution in [2.75, 3.05) is 19.5 Å². The molecule has 0 atom stereocenters. The van der Waals surface area contributed by atoms with Crippen molar-refractivity contribution in [3.8, 4) is 11.5 Å². The van der Waals surface area contributed by atoms with Gasteiger partial charge in [0, 0.05) is 23.6 Å². The summed E-state index contributed by atoms with van der Waals surface area (Å²) >= 11 is 1.22. The maximum absolute atomic E-state index is 12.4. The summed E-state index contributed by atoms with van der Waals surface area (Å²) in [6, 6.07) is 11.5. The lowest BCUT2D eigenvalue weighted by Gasteiger charge is -2.05. The number of hydrogen-bond acceptors (Lipinski definition) is 8. The molecule has 0 spiro atoms. The molecule has 0 saturated carbocycles. The number of carbonyl (C=O) groups excluding carboxylic acids is 1. The Morgan fingerprint density at radius 3 is 2.61 bits per heavy atom. The summed E-state index contributed by atoms with van der Waals surface area (Å²) in [4.78, 5) is 22.9. The van der Waals surface area contributed by atoms with Crippen molar-refractivity contribution in [1.29, 1.82) is 0 Å². The Hall–Kier alpha value is -3.53. The van der Waals surface area contributed by atoms with Crippen LogP contribution in [0.25, 0.3) is 0 Å². The van der Waals surface area contributed by atoms with Crippen LogP contribution in [-0.2, 0) is 6.42 Å². The zero-order valence-electron chi connectivity index (χ0n) is 15.0. The highest BCUT2D eigenvalue weighted by molar-refractivity contribution is 7.15. The molecular weight excluding hydrogens is 384 g/mol. The van der Waals surface area contributed by atoms with Crippen molar-refractivity contribution in [3.63, 3.8) is 0 Å². The molecule has 0 fully saturated rings. The lowest BCUT2D eigenvalue weighted by atomic mass is 10.1. The number of methoxy groups -OCH3 is 2. The molecule has 0 aliphatic carbocycles. The Bertz CT molecular complexity index is 1020. The molecule has 28 heavy (non-hydrogen) atoms. The summed E-state index contributed by atoms with van der Waals surface area (Å²) in [5.74, 6) is 0.302. The number of amides is 1. The minimum absolute atomic E-state index is 0.0801. The molecule has 3 aromatic rings. The van der Waals surface area contributed by atoms with Crippen LogP contribution in [0.1, 0.15) is 20.9 Å². The van der Waals surface area contributed by atoms with Gasteiger partial charge < -0.3 is 9.47 Å². The third kappa shape index (κ3) is 4.23. The molecule has 0 saturated heterocycles. The largest absolute Gasteiger partial charge is 0.496 e. The molecule has 9 nitrogen and oxygen atoms in total. The first-order valence-corrected chi connectivity index (χ1v) is 8.91. The van der Waals surface area contributed by atoms with E-state index >= 15 is 0 Å². The van der Waals surface area contributed by atoms with Crippen LogP contribution in [0.15, 0.2) is 42.5 Å². The number of nitrogens with one attached hydrogen (secondary N) is 1. The molecule has 0 aliphatic heterocycles. The fourth-order valence-corrected chi connectivity index (χ4v) is 3.29. The smallest absolute Gasteiger partial charge is 0.311 e. The van der Waals surface area contributed by atoms with Gasteiger partial charge in [-0.05, 0) is 18.2 Å². The van der Waals surface area contributed by atoms with Gasteiger partial charge in [0.15, 0.2) is 5.75 Å². The fraction of sp³-hybridized carbons (Fsp3) is 0.167. The number of benzene rings is 2. The van der Waals surface area contributed by atoms with E-state index in [4.69, 9.17) is 9.47 Å². The maximum Gasteiger partial charge on any atom is 0.311 e. The Morgan fingerprint density at radius 1 is 1.14 bits per heavy atom. The molecule has 1 heterocycles. The second kappa shape index (κ2) is 8.44. The minimum atomic E-state index is -0.605. The van der Waals surface area contributed by atoms with Crippen molar-refractivity contribution in [2.45, 2.75) is 6.42 Å². The quantitative estimate of drug-likeness (QED) is 0.478. The number of nitrogens with zero attached hydrogens (tertiary/aromatic N) is 3. The zero-order valence-corrected chi connectivity index (χ0v) is 15.9. The summed E-state index contributed by atoms with van der Waals surface area (Å²) in [6.45, 7) is 0. The molecule has 144 valence electrons. The van der Waals surface area contributed by atoms with Crippen LogP contribution in [0, 0.1) is 10.1 Å². The Labute approximate surface area is 164 Å². The molecule has 1 N–H and O–H groups in total. The van der Waals surface area contributed by atoms with Gasteiger partial charge in [0.05, 0.1) is 19.1 Å². The van der Waals surface area contributed by atoms with E-state index in [-0.39, 0.29) is 17.0 Å². The average Bonchev–Trinajstić information content (AvgIpc) is 3.14. The Morgan fingerprint density at radius 2 is 1.89 bits per heavy atom. The number of nitro groups is 1. The predicted molar refractivity (Wildman–Crippen MR) is 103 cm³/mol. The summed E-state index contributed by atoms with van der Waals surface area (Å²) in [7, 11) is 2.92. The maximum atomic E-state index is 12.4. The first-order valence-electron chi connectivity index (χ1n) is 8.10. The number of carbonyl (C=O) groups is 1. The van der Waals surface area contributed by atoms with Gasteiger partial charge >= 0.3 is 5.69 Å². The fourth-order valence-electron chi connectivity index (χ4n) is 2.53. The lowest BCUT2D eigenvalue weighted by Crippen LogP contribution is -2.12. The zero-order chi connectivity index (χ0) is 20.1. The van der Waals surface area contributed by atoms with Crippen LogP contribution >= 0.6 is 11.3 Å². The third-order valence-corrected chi connectivity index (χ3v) is 4.70. The van der Waals surface area contributed by atoms with Crippen molar-refractivity contribution in [1.82, 2.24) is 10.2 Å². The number of rotatable bonds is 7. The van der Waals surface area contributed by atoms with Crippen LogP contribution < -0.4 is 14.8 Å². The van der Waals surface area contributed by atoms with Crippen molar-refractivity contribution in [3.05, 3.63) is 68.7 Å². The molecule has 0 bridgehead atoms. The van der Waals surface area contributed by atoms with Crippen LogP contribution in [0.5, 0.6) is 11.5 Å². The van der Waals surface area contributed by atoms with Gasteiger partial charge in [-0.3, -0.25) is 20.2 Å². The average molecular weight is 400 g/mol. The van der Waals surface area contributed by atoms with E-state index in [9.17, 15) is 14.9 Å². The van der Waals surface area contributed by atoms with Gasteiger partial charge in [-0.15, -0.1) is 10.2 Å². The van der Waals surface area contributed by atoms with Crippen LogP contribution in [0.3, 0.4) is 0 Å². The molecule has 1 amide bonds. The molecule has 10 heteroatoms. The number of para-hydroxylation sites is 1. The van der Waals surface area contributed by atoms with Gasteiger partial charge in [-0.1, -0.05) is 29.5 Å². The molecular formula is C18H16N4O5S. The first-order chi connectivity index (χ1) is 13.5. The summed E-state index contributed by atoms with van der Waals surface area (Å²) < 4.78 is 10.3. The van der Waals surface area contributed by atoms with E-state index in [1.165, 1.54) is 30.6 Å². The van der Waals surface area contributed by atoms with Gasteiger partial charge in [0.2, 0.25) is 5.13 Å². The van der Waals surface area contributed by atoms with Gasteiger partial charge in [-0.25, -0.2) is 0 Å². The summed E-state index contributed by atoms with van der Waals surface area (Å²) in [6.07, 6.45) is 0.506. The second-order valence-electron chi connectivity index (χ2n) is 5.59. The highest BCUT2D eigenvalue weighted by atomic mass is 32.1. The van der Waals surface area contributed by atoms with Crippen LogP contribution in [0.2, 0.25) is 0 Å². The van der Waals surface area contributed by atoms with Crippen molar-refractivity contribution < 1.29 is 19.2 Å². The molecule has 3 rings (SSSR count). The topological polar surface area (TPSA) is 116 Å². The van der Waals surface area contributed by atoms with E-state index in [1.54, 1.807) is 7.11 Å². The standard InChI is InChI=1S/C18H16N4O5S/c1-26-14-6-4-3-5-11(14)10-16-20-21-18(28-16)19-17(23)12-7-8-15(27-2)13(9-12)22(24)25/h3-9H,10H2,1-2H3,(H,19,21,23). The molecule has 0 aliphatic rings. The van der Waals surface area contributed by atoms with Crippen molar-refractivity contribution >= 4 is 28.1 Å². The summed E-state index contributed by atoms with van der Waals surface area (Å²) in [5, 5.41) is 22.7. The number of nitro benzene ring substituents is 1. The number of ether oxygens (including phenoxy) is 2. The molecule has 0 radical (unpaired) electrons. The van der Waals surface area contributed by atoms with E-state index in [0.717, 1.165) is 17.4 Å². The van der Waals surface area contributed by atoms with E-state index in [2.05, 4.69) is 15.5 Å². The molecule has 1 aromatic heterocycles. The number of aromatic nitrogens is 2. The normalized spacial score (nSPS) is 10.4. The van der Waals surface area contributed by atoms with Crippen molar-refractivity contribution in [2.24, 2.45) is 0 Å². The lowest BCUT2D eigenvalue weighted by molar-refractivity contribution is -0.385. The SMILES string of the molecule is COc1ccccc1Cc1nnc(NC(=O)c2ccc(OC)c([N+](=O)[O-])c2)s1. The highest BCUT2D eigenvalue weighted by Gasteiger charge is 2.19.